The third-order valence-corrected chi connectivity index (χ3v) is 4.80. The van der Waals surface area contributed by atoms with E-state index in [0.717, 1.165) is 16.0 Å². The highest BCUT2D eigenvalue weighted by molar-refractivity contribution is 6.09. The zero-order valence-electron chi connectivity index (χ0n) is 15.9. The Bertz CT molecular complexity index is 889. The van der Waals surface area contributed by atoms with E-state index in [-0.39, 0.29) is 12.5 Å². The maximum Gasteiger partial charge on any atom is 0.325 e. The fourth-order valence-electron chi connectivity index (χ4n) is 3.09. The molecule has 2 aromatic rings. The summed E-state index contributed by atoms with van der Waals surface area (Å²) in [7, 11) is 3.43. The van der Waals surface area contributed by atoms with E-state index in [0.29, 0.717) is 12.1 Å². The average Bonchev–Trinajstić information content (AvgIpc) is 3.12. The Morgan fingerprint density at radius 3 is 2.52 bits per heavy atom. The van der Waals surface area contributed by atoms with Crippen LogP contribution in [0.5, 0.6) is 0 Å². The summed E-state index contributed by atoms with van der Waals surface area (Å²) < 4.78 is 1.65. The normalized spacial score (nSPS) is 19.3. The van der Waals surface area contributed by atoms with Gasteiger partial charge in [0.15, 0.2) is 0 Å². The predicted molar refractivity (Wildman–Crippen MR) is 98.5 cm³/mol. The van der Waals surface area contributed by atoms with Crippen LogP contribution in [0, 0.1) is 6.92 Å². The SMILES string of the molecule is Cc1ccc(C2(C)NC(=O)N(CC(=O)N(C)Cc3cnn(C)c3)C2=O)cc1. The number of rotatable bonds is 5. The summed E-state index contributed by atoms with van der Waals surface area (Å²) in [6, 6.07) is 6.83. The van der Waals surface area contributed by atoms with Crippen molar-refractivity contribution in [2.24, 2.45) is 7.05 Å². The molecule has 1 aromatic heterocycles. The van der Waals surface area contributed by atoms with Gasteiger partial charge in [-0.05, 0) is 19.4 Å². The number of hydrogen-bond donors (Lipinski definition) is 1. The van der Waals surface area contributed by atoms with Crippen molar-refractivity contribution in [2.45, 2.75) is 25.9 Å². The van der Waals surface area contributed by atoms with Crippen LogP contribution in [0.25, 0.3) is 0 Å². The van der Waals surface area contributed by atoms with E-state index in [9.17, 15) is 14.4 Å². The second-order valence-electron chi connectivity index (χ2n) is 7.08. The van der Waals surface area contributed by atoms with E-state index in [2.05, 4.69) is 10.4 Å². The summed E-state index contributed by atoms with van der Waals surface area (Å²) in [6.45, 7) is 3.65. The van der Waals surface area contributed by atoms with Gasteiger partial charge in [0, 0.05) is 32.4 Å². The molecule has 8 heteroatoms. The van der Waals surface area contributed by atoms with E-state index < -0.39 is 17.5 Å². The molecular formula is C19H23N5O3. The minimum atomic E-state index is -1.17. The van der Waals surface area contributed by atoms with Crippen molar-refractivity contribution in [3.63, 3.8) is 0 Å². The van der Waals surface area contributed by atoms with Crippen LogP contribution in [0.4, 0.5) is 4.79 Å². The summed E-state index contributed by atoms with van der Waals surface area (Å²) in [4.78, 5) is 40.2. The molecule has 1 aliphatic heterocycles. The molecule has 142 valence electrons. The van der Waals surface area contributed by atoms with Crippen LogP contribution in [-0.2, 0) is 28.7 Å². The van der Waals surface area contributed by atoms with E-state index >= 15 is 0 Å². The Balaban J connectivity index is 1.71. The monoisotopic (exact) mass is 369 g/mol. The van der Waals surface area contributed by atoms with Gasteiger partial charge in [-0.2, -0.15) is 5.10 Å². The van der Waals surface area contributed by atoms with Crippen LogP contribution in [0.3, 0.4) is 0 Å². The lowest BCUT2D eigenvalue weighted by atomic mass is 9.91. The number of amides is 4. The predicted octanol–water partition coefficient (Wildman–Crippen LogP) is 1.15. The molecule has 1 saturated heterocycles. The number of carbonyl (C=O) groups excluding carboxylic acids is 3. The number of aryl methyl sites for hydroxylation is 2. The van der Waals surface area contributed by atoms with Crippen molar-refractivity contribution >= 4 is 17.8 Å². The molecule has 1 N–H and O–H groups in total. The highest BCUT2D eigenvalue weighted by Gasteiger charge is 2.49. The molecule has 2 heterocycles. The lowest BCUT2D eigenvalue weighted by molar-refractivity contribution is -0.138. The number of imide groups is 1. The van der Waals surface area contributed by atoms with Crippen molar-refractivity contribution in [2.75, 3.05) is 13.6 Å². The smallest absolute Gasteiger partial charge is 0.325 e. The van der Waals surface area contributed by atoms with Crippen molar-refractivity contribution in [1.29, 1.82) is 0 Å². The first-order valence-electron chi connectivity index (χ1n) is 8.63. The van der Waals surface area contributed by atoms with E-state index in [4.69, 9.17) is 0 Å². The van der Waals surface area contributed by atoms with Gasteiger partial charge in [-0.25, -0.2) is 4.79 Å². The molecule has 0 radical (unpaired) electrons. The Morgan fingerprint density at radius 1 is 1.26 bits per heavy atom. The second-order valence-corrected chi connectivity index (χ2v) is 7.08. The molecule has 0 aliphatic carbocycles. The van der Waals surface area contributed by atoms with Gasteiger partial charge in [-0.1, -0.05) is 29.8 Å². The third kappa shape index (κ3) is 3.55. The van der Waals surface area contributed by atoms with Crippen LogP contribution >= 0.6 is 0 Å². The fourth-order valence-corrected chi connectivity index (χ4v) is 3.09. The summed E-state index contributed by atoms with van der Waals surface area (Å²) in [6.07, 6.45) is 3.48. The maximum absolute atomic E-state index is 12.9. The van der Waals surface area contributed by atoms with Crippen LogP contribution in [0.2, 0.25) is 0 Å². The maximum atomic E-state index is 12.9. The van der Waals surface area contributed by atoms with Crippen LogP contribution < -0.4 is 5.32 Å². The summed E-state index contributed by atoms with van der Waals surface area (Å²) >= 11 is 0. The van der Waals surface area contributed by atoms with Gasteiger partial charge in [0.1, 0.15) is 12.1 Å². The fraction of sp³-hybridized carbons (Fsp3) is 0.368. The number of urea groups is 1. The first-order valence-corrected chi connectivity index (χ1v) is 8.63. The zero-order chi connectivity index (χ0) is 19.8. The Labute approximate surface area is 157 Å². The summed E-state index contributed by atoms with van der Waals surface area (Å²) in [5.41, 5.74) is 1.44. The minimum Gasteiger partial charge on any atom is -0.340 e. The number of carbonyl (C=O) groups is 3. The molecular weight excluding hydrogens is 346 g/mol. The molecule has 0 spiro atoms. The molecule has 3 rings (SSSR count). The molecule has 1 atom stereocenters. The Kier molecular flexibility index (Phi) is 4.73. The van der Waals surface area contributed by atoms with Gasteiger partial charge < -0.3 is 10.2 Å². The Hall–Kier alpha value is -3.16. The second kappa shape index (κ2) is 6.86. The van der Waals surface area contributed by atoms with Gasteiger partial charge in [0.25, 0.3) is 5.91 Å². The highest BCUT2D eigenvalue weighted by atomic mass is 16.2. The lowest BCUT2D eigenvalue weighted by Crippen LogP contribution is -2.43. The van der Waals surface area contributed by atoms with Gasteiger partial charge in [-0.3, -0.25) is 19.2 Å². The van der Waals surface area contributed by atoms with Gasteiger partial charge in [-0.15, -0.1) is 0 Å². The zero-order valence-corrected chi connectivity index (χ0v) is 15.9. The minimum absolute atomic E-state index is 0.303. The molecule has 27 heavy (non-hydrogen) atoms. The van der Waals surface area contributed by atoms with Gasteiger partial charge >= 0.3 is 6.03 Å². The van der Waals surface area contributed by atoms with Crippen LogP contribution in [-0.4, -0.2) is 51.0 Å². The van der Waals surface area contributed by atoms with Crippen molar-refractivity contribution in [3.05, 3.63) is 53.3 Å². The van der Waals surface area contributed by atoms with Crippen LogP contribution in [0.15, 0.2) is 36.7 Å². The summed E-state index contributed by atoms with van der Waals surface area (Å²) in [5, 5.41) is 6.78. The van der Waals surface area contributed by atoms with Crippen molar-refractivity contribution < 1.29 is 14.4 Å². The van der Waals surface area contributed by atoms with Crippen LogP contribution in [0.1, 0.15) is 23.6 Å². The topological polar surface area (TPSA) is 87.5 Å². The molecule has 1 unspecified atom stereocenters. The number of likely N-dealkylation sites (N-methyl/N-ethyl adjacent to an activating group) is 1. The number of nitrogens with one attached hydrogen (secondary N) is 1. The van der Waals surface area contributed by atoms with Gasteiger partial charge in [0.05, 0.1) is 6.20 Å². The first kappa shape index (κ1) is 18.6. The Morgan fingerprint density at radius 2 is 1.93 bits per heavy atom. The summed E-state index contributed by atoms with van der Waals surface area (Å²) in [5.74, 6) is -0.755. The highest BCUT2D eigenvalue weighted by Crippen LogP contribution is 2.29. The molecule has 1 aliphatic rings. The molecule has 4 amide bonds. The lowest BCUT2D eigenvalue weighted by Gasteiger charge is -2.23. The van der Waals surface area contributed by atoms with Crippen molar-refractivity contribution in [1.82, 2.24) is 24.9 Å². The number of hydrogen-bond acceptors (Lipinski definition) is 4. The molecule has 0 bridgehead atoms. The molecule has 0 saturated carbocycles. The average molecular weight is 369 g/mol. The number of nitrogens with zero attached hydrogens (tertiary/aromatic N) is 4. The number of benzene rings is 1. The molecule has 1 aromatic carbocycles. The standard InChI is InChI=1S/C19H23N5O3/c1-13-5-7-15(8-6-13)19(2)17(26)24(18(27)21-19)12-16(25)22(3)10-14-9-20-23(4)11-14/h5-9,11H,10,12H2,1-4H3,(H,21,27). The molecule has 1 fully saturated rings. The van der Waals surface area contributed by atoms with E-state index in [1.54, 1.807) is 31.9 Å². The van der Waals surface area contributed by atoms with Crippen molar-refractivity contribution in [3.8, 4) is 0 Å². The van der Waals surface area contributed by atoms with E-state index in [1.165, 1.54) is 4.90 Å². The van der Waals surface area contributed by atoms with Gasteiger partial charge in [0.2, 0.25) is 5.91 Å². The first-order chi connectivity index (χ1) is 12.7. The van der Waals surface area contributed by atoms with E-state index in [1.807, 2.05) is 37.4 Å². The molecule has 8 nitrogen and oxygen atoms in total. The largest absolute Gasteiger partial charge is 0.340 e. The quantitative estimate of drug-likeness (QED) is 0.801. The number of aromatic nitrogens is 2. The third-order valence-electron chi connectivity index (χ3n) is 4.80.